The zero-order valence-corrected chi connectivity index (χ0v) is 18.5. The number of carbonyl (C=O) groups is 1. The molecule has 0 spiro atoms. The molecular formula is C20H23N3O4S2. The standard InChI is InChI=1S/C20H23N3O4S2/c1-12-6-8-16(10-13(12)2)23(29(5,26)27)14(3)19(24)21-15-7-9-17-18(11-15)28-20(25)22(17)4/h6-11,14H,1-5H3,(H,21,24). The van der Waals surface area contributed by atoms with Gasteiger partial charge in [0.25, 0.3) is 0 Å². The molecule has 7 nitrogen and oxygen atoms in total. The first-order valence-corrected chi connectivity index (χ1v) is 11.6. The Labute approximate surface area is 173 Å². The first kappa shape index (κ1) is 21.1. The van der Waals surface area contributed by atoms with Gasteiger partial charge in [-0.1, -0.05) is 17.4 Å². The van der Waals surface area contributed by atoms with Crippen molar-refractivity contribution in [2.45, 2.75) is 26.8 Å². The van der Waals surface area contributed by atoms with E-state index in [1.54, 1.807) is 48.9 Å². The summed E-state index contributed by atoms with van der Waals surface area (Å²) >= 11 is 1.09. The van der Waals surface area contributed by atoms with Crippen molar-refractivity contribution >= 4 is 48.9 Å². The van der Waals surface area contributed by atoms with Gasteiger partial charge < -0.3 is 9.88 Å². The summed E-state index contributed by atoms with van der Waals surface area (Å²) in [5.41, 5.74) is 3.70. The lowest BCUT2D eigenvalue weighted by molar-refractivity contribution is -0.116. The molecule has 0 aliphatic rings. The van der Waals surface area contributed by atoms with E-state index in [0.717, 1.165) is 43.2 Å². The van der Waals surface area contributed by atoms with Crippen LogP contribution in [0.3, 0.4) is 0 Å². The van der Waals surface area contributed by atoms with E-state index in [4.69, 9.17) is 0 Å². The highest BCUT2D eigenvalue weighted by molar-refractivity contribution is 7.92. The van der Waals surface area contributed by atoms with Crippen molar-refractivity contribution < 1.29 is 13.2 Å². The Morgan fingerprint density at radius 3 is 2.45 bits per heavy atom. The number of anilines is 2. The van der Waals surface area contributed by atoms with E-state index in [1.165, 1.54) is 0 Å². The second-order valence-corrected chi connectivity index (χ2v) is 9.95. The summed E-state index contributed by atoms with van der Waals surface area (Å²) in [4.78, 5) is 24.6. The van der Waals surface area contributed by atoms with Gasteiger partial charge in [0.2, 0.25) is 15.9 Å². The zero-order valence-electron chi connectivity index (χ0n) is 16.9. The van der Waals surface area contributed by atoms with Crippen molar-refractivity contribution in [1.29, 1.82) is 0 Å². The van der Waals surface area contributed by atoms with Gasteiger partial charge in [-0.3, -0.25) is 13.9 Å². The van der Waals surface area contributed by atoms with Crippen LogP contribution in [-0.2, 0) is 21.9 Å². The average molecular weight is 434 g/mol. The minimum Gasteiger partial charge on any atom is -0.324 e. The fourth-order valence-corrected chi connectivity index (χ4v) is 5.22. The molecule has 0 radical (unpaired) electrons. The van der Waals surface area contributed by atoms with Crippen molar-refractivity contribution in [1.82, 2.24) is 4.57 Å². The summed E-state index contributed by atoms with van der Waals surface area (Å²) < 4.78 is 28.3. The molecule has 0 aliphatic carbocycles. The molecule has 1 N–H and O–H groups in total. The molecule has 0 fully saturated rings. The summed E-state index contributed by atoms with van der Waals surface area (Å²) in [6.45, 7) is 5.38. The molecule has 0 bridgehead atoms. The second-order valence-electron chi connectivity index (χ2n) is 7.10. The Morgan fingerprint density at radius 1 is 1.14 bits per heavy atom. The minimum absolute atomic E-state index is 0.0881. The largest absolute Gasteiger partial charge is 0.324 e. The van der Waals surface area contributed by atoms with Gasteiger partial charge in [0, 0.05) is 12.7 Å². The number of fused-ring (bicyclic) bond motifs is 1. The van der Waals surface area contributed by atoms with Crippen LogP contribution >= 0.6 is 11.3 Å². The average Bonchev–Trinajstić information content (AvgIpc) is 2.90. The molecule has 3 rings (SSSR count). The van der Waals surface area contributed by atoms with E-state index in [1.807, 2.05) is 19.9 Å². The Hall–Kier alpha value is -2.65. The van der Waals surface area contributed by atoms with Crippen LogP contribution in [0.1, 0.15) is 18.1 Å². The number of hydrogen-bond donors (Lipinski definition) is 1. The number of amides is 1. The highest BCUT2D eigenvalue weighted by Gasteiger charge is 2.29. The normalized spacial score (nSPS) is 12.7. The first-order chi connectivity index (χ1) is 13.5. The van der Waals surface area contributed by atoms with Crippen LogP contribution in [0.2, 0.25) is 0 Å². The molecule has 0 aliphatic heterocycles. The smallest absolute Gasteiger partial charge is 0.307 e. The Morgan fingerprint density at radius 2 is 1.83 bits per heavy atom. The SMILES string of the molecule is Cc1ccc(N(C(C)C(=O)Nc2ccc3c(c2)sc(=O)n3C)S(C)(=O)=O)cc1C. The quantitative estimate of drug-likeness (QED) is 0.670. The van der Waals surface area contributed by atoms with E-state index in [0.29, 0.717) is 11.4 Å². The molecule has 1 atom stereocenters. The molecule has 9 heteroatoms. The number of hydrogen-bond acceptors (Lipinski definition) is 5. The van der Waals surface area contributed by atoms with Crippen LogP contribution in [0.15, 0.2) is 41.2 Å². The highest BCUT2D eigenvalue weighted by Crippen LogP contribution is 2.25. The molecule has 2 aromatic carbocycles. The molecule has 154 valence electrons. The van der Waals surface area contributed by atoms with Gasteiger partial charge in [-0.05, 0) is 62.2 Å². The van der Waals surface area contributed by atoms with Gasteiger partial charge >= 0.3 is 4.87 Å². The third-order valence-corrected chi connectivity index (χ3v) is 7.13. The van der Waals surface area contributed by atoms with Gasteiger partial charge in [-0.15, -0.1) is 0 Å². The predicted molar refractivity (Wildman–Crippen MR) is 118 cm³/mol. The molecule has 3 aromatic rings. The highest BCUT2D eigenvalue weighted by atomic mass is 32.2. The summed E-state index contributed by atoms with van der Waals surface area (Å²) in [7, 11) is -2.00. The topological polar surface area (TPSA) is 88.5 Å². The van der Waals surface area contributed by atoms with Crippen LogP contribution in [0.4, 0.5) is 11.4 Å². The lowest BCUT2D eigenvalue weighted by Crippen LogP contribution is -2.45. The van der Waals surface area contributed by atoms with Crippen LogP contribution in [-0.4, -0.2) is 31.2 Å². The maximum atomic E-state index is 12.9. The van der Waals surface area contributed by atoms with Crippen LogP contribution in [0.5, 0.6) is 0 Å². The van der Waals surface area contributed by atoms with Crippen molar-refractivity contribution in [3.8, 4) is 0 Å². The Bertz CT molecular complexity index is 1260. The van der Waals surface area contributed by atoms with Crippen LogP contribution in [0.25, 0.3) is 10.2 Å². The summed E-state index contributed by atoms with van der Waals surface area (Å²) in [6.07, 6.45) is 1.08. The zero-order chi connectivity index (χ0) is 21.5. The third-order valence-electron chi connectivity index (χ3n) is 4.89. The molecule has 0 saturated heterocycles. The summed E-state index contributed by atoms with van der Waals surface area (Å²) in [5.74, 6) is -0.462. The molecule has 1 amide bonds. The molecule has 1 aromatic heterocycles. The van der Waals surface area contributed by atoms with Gasteiger partial charge in [0.05, 0.1) is 22.2 Å². The van der Waals surface area contributed by atoms with E-state index in [9.17, 15) is 18.0 Å². The van der Waals surface area contributed by atoms with Gasteiger partial charge in [0.1, 0.15) is 6.04 Å². The van der Waals surface area contributed by atoms with Gasteiger partial charge in [-0.2, -0.15) is 0 Å². The third kappa shape index (κ3) is 4.20. The van der Waals surface area contributed by atoms with Crippen molar-refractivity contribution in [2.24, 2.45) is 7.05 Å². The Kier molecular flexibility index (Phi) is 5.55. The van der Waals surface area contributed by atoms with Crippen molar-refractivity contribution in [3.63, 3.8) is 0 Å². The molecule has 29 heavy (non-hydrogen) atoms. The number of nitrogens with one attached hydrogen (secondary N) is 1. The fraction of sp³-hybridized carbons (Fsp3) is 0.300. The maximum absolute atomic E-state index is 12.9. The molecule has 0 saturated carbocycles. The minimum atomic E-state index is -3.69. The fourth-order valence-electron chi connectivity index (χ4n) is 3.13. The van der Waals surface area contributed by atoms with E-state index in [-0.39, 0.29) is 4.87 Å². The number of aryl methyl sites for hydroxylation is 3. The number of aromatic nitrogens is 1. The van der Waals surface area contributed by atoms with E-state index >= 15 is 0 Å². The number of rotatable bonds is 5. The summed E-state index contributed by atoms with van der Waals surface area (Å²) in [6, 6.07) is 9.49. The lowest BCUT2D eigenvalue weighted by atomic mass is 10.1. The number of sulfonamides is 1. The lowest BCUT2D eigenvalue weighted by Gasteiger charge is -2.28. The Balaban J connectivity index is 1.91. The van der Waals surface area contributed by atoms with Crippen LogP contribution < -0.4 is 14.5 Å². The van der Waals surface area contributed by atoms with Crippen molar-refractivity contribution in [2.75, 3.05) is 15.9 Å². The number of carbonyl (C=O) groups excluding carboxylic acids is 1. The number of thiazole rings is 1. The molecular weight excluding hydrogens is 410 g/mol. The predicted octanol–water partition coefficient (Wildman–Crippen LogP) is 3.01. The monoisotopic (exact) mass is 433 g/mol. The van der Waals surface area contributed by atoms with Gasteiger partial charge in [-0.25, -0.2) is 8.42 Å². The number of benzene rings is 2. The molecule has 1 unspecified atom stereocenters. The molecule has 1 heterocycles. The van der Waals surface area contributed by atoms with Gasteiger partial charge in [0.15, 0.2) is 0 Å². The van der Waals surface area contributed by atoms with E-state index < -0.39 is 22.0 Å². The number of nitrogens with zero attached hydrogens (tertiary/aromatic N) is 2. The van der Waals surface area contributed by atoms with E-state index in [2.05, 4.69) is 5.32 Å². The summed E-state index contributed by atoms with van der Waals surface area (Å²) in [5, 5.41) is 2.76. The van der Waals surface area contributed by atoms with Crippen LogP contribution in [0, 0.1) is 13.8 Å². The van der Waals surface area contributed by atoms with Crippen molar-refractivity contribution in [3.05, 3.63) is 57.2 Å². The maximum Gasteiger partial charge on any atom is 0.307 e. The second kappa shape index (κ2) is 7.64. The first-order valence-electron chi connectivity index (χ1n) is 8.96.